The summed E-state index contributed by atoms with van der Waals surface area (Å²) in [5, 5.41) is 10.1. The molecule has 1 aromatic heterocycles. The van der Waals surface area contributed by atoms with Crippen molar-refractivity contribution in [2.75, 3.05) is 38.2 Å². The van der Waals surface area contributed by atoms with E-state index in [-0.39, 0.29) is 0 Å². The zero-order chi connectivity index (χ0) is 17.3. The Balaban J connectivity index is 1.59. The van der Waals surface area contributed by atoms with Crippen LogP contribution in [0.5, 0.6) is 0 Å². The number of aliphatic imine (C=N–C) groups is 1. The van der Waals surface area contributed by atoms with E-state index in [1.165, 1.54) is 0 Å². The van der Waals surface area contributed by atoms with Crippen LogP contribution in [0.15, 0.2) is 35.5 Å². The van der Waals surface area contributed by atoms with Gasteiger partial charge in [-0.1, -0.05) is 12.1 Å². The molecule has 6 N–H and O–H groups in total. The van der Waals surface area contributed by atoms with Gasteiger partial charge < -0.3 is 21.5 Å². The van der Waals surface area contributed by atoms with Crippen LogP contribution in [0, 0.1) is 0 Å². The number of aromatic amines is 1. The number of hydrogen-bond acceptors (Lipinski definition) is 7. The number of nitrogens with two attached hydrogens (primary N) is 2. The van der Waals surface area contributed by atoms with Crippen LogP contribution in [0.2, 0.25) is 0 Å². The molecule has 0 bridgehead atoms. The second kappa shape index (κ2) is 6.47. The van der Waals surface area contributed by atoms with E-state index in [1.54, 1.807) is 6.20 Å². The van der Waals surface area contributed by atoms with Gasteiger partial charge in [0.15, 0.2) is 5.96 Å². The Kier molecular flexibility index (Phi) is 4.16. The summed E-state index contributed by atoms with van der Waals surface area (Å²) in [6, 6.07) is 8.01. The molecule has 0 amide bonds. The maximum Gasteiger partial charge on any atom is 0.195 e. The summed E-state index contributed by atoms with van der Waals surface area (Å²) in [6.07, 6.45) is 2.43. The molecule has 4 rings (SSSR count). The molecule has 2 aliphatic heterocycles. The third kappa shape index (κ3) is 3.23. The molecule has 8 nitrogen and oxygen atoms in total. The second-order valence-electron chi connectivity index (χ2n) is 6.48. The SMILES string of the molecule is NC1=NC(N)(CCN2CCOCC2)c2ccc(-c3ccn[nH]3)cc2N1. The van der Waals surface area contributed by atoms with Crippen molar-refractivity contribution in [3.05, 3.63) is 36.0 Å². The normalized spacial score (nSPS) is 23.6. The molecule has 132 valence electrons. The maximum atomic E-state index is 6.66. The zero-order valence-electron chi connectivity index (χ0n) is 14.0. The van der Waals surface area contributed by atoms with Crippen LogP contribution in [0.4, 0.5) is 5.69 Å². The van der Waals surface area contributed by atoms with Gasteiger partial charge >= 0.3 is 0 Å². The van der Waals surface area contributed by atoms with E-state index in [2.05, 4.69) is 25.4 Å². The van der Waals surface area contributed by atoms with E-state index in [1.807, 2.05) is 24.3 Å². The van der Waals surface area contributed by atoms with E-state index in [0.717, 1.165) is 55.4 Å². The first kappa shape index (κ1) is 16.1. The topological polar surface area (TPSA) is 118 Å². The van der Waals surface area contributed by atoms with Crippen molar-refractivity contribution < 1.29 is 4.74 Å². The predicted octanol–water partition coefficient (Wildman–Crippen LogP) is 0.651. The fourth-order valence-electron chi connectivity index (χ4n) is 3.39. The van der Waals surface area contributed by atoms with Crippen LogP contribution in [-0.2, 0) is 10.4 Å². The number of hydrogen-bond donors (Lipinski definition) is 4. The molecule has 25 heavy (non-hydrogen) atoms. The van der Waals surface area contributed by atoms with Crippen molar-refractivity contribution in [1.82, 2.24) is 15.1 Å². The van der Waals surface area contributed by atoms with Crippen LogP contribution in [0.25, 0.3) is 11.3 Å². The lowest BCUT2D eigenvalue weighted by atomic mass is 9.92. The summed E-state index contributed by atoms with van der Waals surface area (Å²) < 4.78 is 5.40. The van der Waals surface area contributed by atoms with Crippen molar-refractivity contribution in [2.45, 2.75) is 12.1 Å². The molecule has 1 fully saturated rings. The molecular weight excluding hydrogens is 318 g/mol. The fourth-order valence-corrected chi connectivity index (χ4v) is 3.39. The Morgan fingerprint density at radius 1 is 1.24 bits per heavy atom. The molecule has 0 spiro atoms. The standard InChI is InChI=1S/C17H23N7O/c18-16-21-15-11-12(14-3-5-20-23-14)1-2-13(15)17(19,22-16)4-6-24-7-9-25-10-8-24/h1-3,5,11H,4,6-10,19H2,(H,20,23)(H3,18,21,22). The van der Waals surface area contributed by atoms with Crippen molar-refractivity contribution in [2.24, 2.45) is 16.5 Å². The average molecular weight is 341 g/mol. The summed E-state index contributed by atoms with van der Waals surface area (Å²) in [5.74, 6) is 0.346. The van der Waals surface area contributed by atoms with Gasteiger partial charge in [-0.15, -0.1) is 0 Å². The predicted molar refractivity (Wildman–Crippen MR) is 97.0 cm³/mol. The van der Waals surface area contributed by atoms with Gasteiger partial charge in [0.2, 0.25) is 0 Å². The zero-order valence-corrected chi connectivity index (χ0v) is 14.0. The summed E-state index contributed by atoms with van der Waals surface area (Å²) in [7, 11) is 0. The van der Waals surface area contributed by atoms with Gasteiger partial charge in [-0.05, 0) is 12.1 Å². The molecule has 2 aliphatic rings. The van der Waals surface area contributed by atoms with Gasteiger partial charge in [-0.2, -0.15) is 5.10 Å². The monoisotopic (exact) mass is 341 g/mol. The summed E-state index contributed by atoms with van der Waals surface area (Å²) in [4.78, 5) is 6.87. The fraction of sp³-hybridized carbons (Fsp3) is 0.412. The minimum Gasteiger partial charge on any atom is -0.379 e. The lowest BCUT2D eigenvalue weighted by Crippen LogP contribution is -2.46. The molecule has 0 saturated carbocycles. The number of benzene rings is 1. The average Bonchev–Trinajstić information content (AvgIpc) is 3.15. The number of anilines is 1. The second-order valence-corrected chi connectivity index (χ2v) is 6.48. The van der Waals surface area contributed by atoms with Crippen molar-refractivity contribution in [1.29, 1.82) is 0 Å². The quantitative estimate of drug-likeness (QED) is 0.649. The van der Waals surface area contributed by atoms with E-state index in [0.29, 0.717) is 12.4 Å². The Hall–Kier alpha value is -2.42. The van der Waals surface area contributed by atoms with Gasteiger partial charge in [0.25, 0.3) is 0 Å². The van der Waals surface area contributed by atoms with Crippen LogP contribution in [0.1, 0.15) is 12.0 Å². The maximum absolute atomic E-state index is 6.66. The molecule has 1 unspecified atom stereocenters. The Bertz CT molecular complexity index is 767. The number of nitrogens with one attached hydrogen (secondary N) is 2. The molecule has 1 aromatic carbocycles. The first-order valence-electron chi connectivity index (χ1n) is 8.50. The molecule has 0 aliphatic carbocycles. The molecule has 3 heterocycles. The van der Waals surface area contributed by atoms with Gasteiger partial charge in [-0.3, -0.25) is 10.00 Å². The highest BCUT2D eigenvalue weighted by atomic mass is 16.5. The number of rotatable bonds is 4. The minimum atomic E-state index is -0.824. The highest BCUT2D eigenvalue weighted by Gasteiger charge is 2.34. The number of morpholine rings is 1. The Labute approximate surface area is 146 Å². The van der Waals surface area contributed by atoms with Crippen molar-refractivity contribution in [3.8, 4) is 11.3 Å². The van der Waals surface area contributed by atoms with Crippen LogP contribution < -0.4 is 16.8 Å². The molecule has 0 radical (unpaired) electrons. The van der Waals surface area contributed by atoms with Crippen molar-refractivity contribution in [3.63, 3.8) is 0 Å². The highest BCUT2D eigenvalue weighted by Crippen LogP contribution is 2.36. The molecule has 1 atom stereocenters. The third-order valence-electron chi connectivity index (χ3n) is 4.79. The summed E-state index contributed by atoms with van der Waals surface area (Å²) in [6.45, 7) is 4.26. The highest BCUT2D eigenvalue weighted by molar-refractivity contribution is 5.96. The van der Waals surface area contributed by atoms with Gasteiger partial charge in [0.1, 0.15) is 5.66 Å². The first-order valence-corrected chi connectivity index (χ1v) is 8.50. The van der Waals surface area contributed by atoms with E-state index >= 15 is 0 Å². The largest absolute Gasteiger partial charge is 0.379 e. The smallest absolute Gasteiger partial charge is 0.195 e. The van der Waals surface area contributed by atoms with E-state index in [4.69, 9.17) is 16.2 Å². The number of guanidine groups is 1. The number of nitrogens with zero attached hydrogens (tertiary/aromatic N) is 3. The van der Waals surface area contributed by atoms with Gasteiger partial charge in [-0.25, -0.2) is 4.99 Å². The van der Waals surface area contributed by atoms with Crippen molar-refractivity contribution >= 4 is 11.6 Å². The molecule has 2 aromatic rings. The lowest BCUT2D eigenvalue weighted by Gasteiger charge is -2.35. The summed E-state index contributed by atoms with van der Waals surface area (Å²) in [5.41, 5.74) is 15.7. The third-order valence-corrected chi connectivity index (χ3v) is 4.79. The number of fused-ring (bicyclic) bond motifs is 1. The van der Waals surface area contributed by atoms with Crippen LogP contribution >= 0.6 is 0 Å². The number of ether oxygens (including phenoxy) is 1. The first-order chi connectivity index (χ1) is 12.1. The van der Waals surface area contributed by atoms with Crippen LogP contribution in [0.3, 0.4) is 0 Å². The molecule has 8 heteroatoms. The number of aromatic nitrogens is 2. The molecule has 1 saturated heterocycles. The van der Waals surface area contributed by atoms with Crippen LogP contribution in [-0.4, -0.2) is 53.9 Å². The molecular formula is C17H23N7O. The van der Waals surface area contributed by atoms with Gasteiger partial charge in [0, 0.05) is 49.1 Å². The lowest BCUT2D eigenvalue weighted by molar-refractivity contribution is 0.0345. The minimum absolute atomic E-state index is 0.346. The summed E-state index contributed by atoms with van der Waals surface area (Å²) >= 11 is 0. The Morgan fingerprint density at radius 2 is 2.08 bits per heavy atom. The Morgan fingerprint density at radius 3 is 2.84 bits per heavy atom. The number of H-pyrrole nitrogens is 1. The van der Waals surface area contributed by atoms with E-state index < -0.39 is 5.66 Å². The van der Waals surface area contributed by atoms with Gasteiger partial charge in [0.05, 0.1) is 18.9 Å². The van der Waals surface area contributed by atoms with E-state index in [9.17, 15) is 0 Å².